The highest BCUT2D eigenvalue weighted by molar-refractivity contribution is 5.96. The first-order valence-corrected chi connectivity index (χ1v) is 6.53. The molecule has 0 aliphatic carbocycles. The SMILES string of the molecule is CCNC(=O)c1ccc(NCC(C)(O)CC)c(N)c1. The van der Waals surface area contributed by atoms with Crippen LogP contribution in [0.25, 0.3) is 0 Å². The first-order chi connectivity index (χ1) is 8.89. The number of carbonyl (C=O) groups is 1. The zero-order chi connectivity index (χ0) is 14.5. The largest absolute Gasteiger partial charge is 0.397 e. The van der Waals surface area contributed by atoms with E-state index >= 15 is 0 Å². The third-order valence-electron chi connectivity index (χ3n) is 3.07. The van der Waals surface area contributed by atoms with E-state index in [-0.39, 0.29) is 5.91 Å². The van der Waals surface area contributed by atoms with E-state index in [2.05, 4.69) is 10.6 Å². The van der Waals surface area contributed by atoms with Crippen LogP contribution in [0.2, 0.25) is 0 Å². The van der Waals surface area contributed by atoms with Crippen molar-refractivity contribution in [2.24, 2.45) is 0 Å². The van der Waals surface area contributed by atoms with Crippen LogP contribution >= 0.6 is 0 Å². The van der Waals surface area contributed by atoms with Crippen LogP contribution in [0.15, 0.2) is 18.2 Å². The van der Waals surface area contributed by atoms with Crippen LogP contribution in [-0.4, -0.2) is 29.7 Å². The van der Waals surface area contributed by atoms with Gasteiger partial charge in [-0.3, -0.25) is 4.79 Å². The molecule has 1 unspecified atom stereocenters. The lowest BCUT2D eigenvalue weighted by Gasteiger charge is -2.23. The minimum absolute atomic E-state index is 0.138. The molecule has 0 fully saturated rings. The Bertz CT molecular complexity index is 444. The van der Waals surface area contributed by atoms with Gasteiger partial charge in [0.05, 0.1) is 17.0 Å². The molecule has 0 aromatic heterocycles. The van der Waals surface area contributed by atoms with Gasteiger partial charge in [0, 0.05) is 18.7 Å². The van der Waals surface area contributed by atoms with Gasteiger partial charge >= 0.3 is 0 Å². The molecule has 5 N–H and O–H groups in total. The van der Waals surface area contributed by atoms with Crippen molar-refractivity contribution in [3.05, 3.63) is 23.8 Å². The van der Waals surface area contributed by atoms with Gasteiger partial charge in [-0.2, -0.15) is 0 Å². The maximum Gasteiger partial charge on any atom is 0.251 e. The molecule has 1 rings (SSSR count). The summed E-state index contributed by atoms with van der Waals surface area (Å²) in [4.78, 5) is 11.6. The number of carbonyl (C=O) groups excluding carboxylic acids is 1. The maximum absolute atomic E-state index is 11.6. The number of nitrogens with two attached hydrogens (primary N) is 1. The van der Waals surface area contributed by atoms with Crippen LogP contribution in [0.5, 0.6) is 0 Å². The lowest BCUT2D eigenvalue weighted by Crippen LogP contribution is -2.32. The molecule has 0 radical (unpaired) electrons. The summed E-state index contributed by atoms with van der Waals surface area (Å²) in [6.45, 7) is 6.54. The van der Waals surface area contributed by atoms with E-state index in [1.807, 2.05) is 13.8 Å². The van der Waals surface area contributed by atoms with Crippen molar-refractivity contribution < 1.29 is 9.90 Å². The second-order valence-corrected chi connectivity index (χ2v) is 4.87. The first-order valence-electron chi connectivity index (χ1n) is 6.53. The van der Waals surface area contributed by atoms with E-state index in [0.717, 1.165) is 5.69 Å². The fourth-order valence-electron chi connectivity index (χ4n) is 1.54. The van der Waals surface area contributed by atoms with Gasteiger partial charge in [-0.05, 0) is 38.5 Å². The number of amides is 1. The number of nitrogen functional groups attached to an aromatic ring is 1. The van der Waals surface area contributed by atoms with Crippen LogP contribution in [-0.2, 0) is 0 Å². The molecule has 0 spiro atoms. The van der Waals surface area contributed by atoms with Gasteiger partial charge in [-0.1, -0.05) is 6.92 Å². The van der Waals surface area contributed by atoms with Gasteiger partial charge in [-0.25, -0.2) is 0 Å². The van der Waals surface area contributed by atoms with Gasteiger partial charge in [0.1, 0.15) is 0 Å². The molecular formula is C14H23N3O2. The molecule has 19 heavy (non-hydrogen) atoms. The van der Waals surface area contributed by atoms with Crippen LogP contribution in [0.1, 0.15) is 37.6 Å². The highest BCUT2D eigenvalue weighted by atomic mass is 16.3. The lowest BCUT2D eigenvalue weighted by atomic mass is 10.0. The van der Waals surface area contributed by atoms with Crippen molar-refractivity contribution in [1.29, 1.82) is 0 Å². The molecule has 1 aromatic carbocycles. The summed E-state index contributed by atoms with van der Waals surface area (Å²) in [5.41, 5.74) is 6.88. The Balaban J connectivity index is 2.75. The zero-order valence-electron chi connectivity index (χ0n) is 11.8. The molecule has 0 saturated carbocycles. The Morgan fingerprint density at radius 3 is 2.63 bits per heavy atom. The summed E-state index contributed by atoms with van der Waals surface area (Å²) < 4.78 is 0. The summed E-state index contributed by atoms with van der Waals surface area (Å²) in [6, 6.07) is 5.10. The summed E-state index contributed by atoms with van der Waals surface area (Å²) in [5, 5.41) is 15.7. The third-order valence-corrected chi connectivity index (χ3v) is 3.07. The molecule has 1 atom stereocenters. The topological polar surface area (TPSA) is 87.4 Å². The molecule has 5 heteroatoms. The number of rotatable bonds is 6. The standard InChI is InChI=1S/C14H23N3O2/c1-4-14(3,19)9-17-12-7-6-10(8-11(12)15)13(18)16-5-2/h6-8,17,19H,4-5,9,15H2,1-3H3,(H,16,18). The lowest BCUT2D eigenvalue weighted by molar-refractivity contribution is 0.0697. The number of nitrogens with one attached hydrogen (secondary N) is 2. The van der Waals surface area contributed by atoms with Crippen molar-refractivity contribution in [2.45, 2.75) is 32.8 Å². The molecule has 0 saturated heterocycles. The van der Waals surface area contributed by atoms with E-state index in [4.69, 9.17) is 5.73 Å². The number of hydrogen-bond donors (Lipinski definition) is 4. The summed E-state index contributed by atoms with van der Waals surface area (Å²) >= 11 is 0. The molecular weight excluding hydrogens is 242 g/mol. The quantitative estimate of drug-likeness (QED) is 0.588. The number of benzene rings is 1. The second-order valence-electron chi connectivity index (χ2n) is 4.87. The molecule has 0 heterocycles. The van der Waals surface area contributed by atoms with Crippen molar-refractivity contribution in [2.75, 3.05) is 24.1 Å². The maximum atomic E-state index is 11.6. The van der Waals surface area contributed by atoms with E-state index < -0.39 is 5.60 Å². The molecule has 1 amide bonds. The normalized spacial score (nSPS) is 13.7. The van der Waals surface area contributed by atoms with Crippen LogP contribution in [0, 0.1) is 0 Å². The molecule has 5 nitrogen and oxygen atoms in total. The Kier molecular flexibility index (Phi) is 5.18. The predicted octanol–water partition coefficient (Wildman–Crippen LogP) is 1.59. The van der Waals surface area contributed by atoms with E-state index in [1.165, 1.54) is 0 Å². The van der Waals surface area contributed by atoms with Gasteiger partial charge in [0.25, 0.3) is 5.91 Å². The Morgan fingerprint density at radius 1 is 1.42 bits per heavy atom. The fourth-order valence-corrected chi connectivity index (χ4v) is 1.54. The van der Waals surface area contributed by atoms with Gasteiger partial charge in [-0.15, -0.1) is 0 Å². The average molecular weight is 265 g/mol. The number of anilines is 2. The van der Waals surface area contributed by atoms with Crippen LogP contribution in [0.4, 0.5) is 11.4 Å². The number of hydrogen-bond acceptors (Lipinski definition) is 4. The Labute approximate surface area is 114 Å². The van der Waals surface area contributed by atoms with E-state index in [0.29, 0.717) is 30.8 Å². The van der Waals surface area contributed by atoms with E-state index in [9.17, 15) is 9.90 Å². The van der Waals surface area contributed by atoms with Crippen molar-refractivity contribution >= 4 is 17.3 Å². The molecule has 106 valence electrons. The monoisotopic (exact) mass is 265 g/mol. The fraction of sp³-hybridized carbons (Fsp3) is 0.500. The molecule has 0 aliphatic heterocycles. The van der Waals surface area contributed by atoms with Gasteiger partial charge in [0.2, 0.25) is 0 Å². The Morgan fingerprint density at radius 2 is 2.11 bits per heavy atom. The van der Waals surface area contributed by atoms with Gasteiger partial charge < -0.3 is 21.5 Å². The third kappa shape index (κ3) is 4.44. The highest BCUT2D eigenvalue weighted by Gasteiger charge is 2.17. The zero-order valence-corrected chi connectivity index (χ0v) is 11.8. The van der Waals surface area contributed by atoms with E-state index in [1.54, 1.807) is 25.1 Å². The van der Waals surface area contributed by atoms with Crippen LogP contribution in [0.3, 0.4) is 0 Å². The first kappa shape index (κ1) is 15.3. The summed E-state index contributed by atoms with van der Waals surface area (Å²) in [6.07, 6.45) is 0.650. The molecule has 0 aliphatic rings. The smallest absolute Gasteiger partial charge is 0.251 e. The van der Waals surface area contributed by atoms with Gasteiger partial charge in [0.15, 0.2) is 0 Å². The van der Waals surface area contributed by atoms with Crippen molar-refractivity contribution in [3.63, 3.8) is 0 Å². The summed E-state index contributed by atoms with van der Waals surface area (Å²) in [7, 11) is 0. The number of aliphatic hydroxyl groups is 1. The minimum atomic E-state index is -0.773. The van der Waals surface area contributed by atoms with Crippen molar-refractivity contribution in [3.8, 4) is 0 Å². The average Bonchev–Trinajstić information content (AvgIpc) is 2.37. The van der Waals surface area contributed by atoms with Crippen molar-refractivity contribution in [1.82, 2.24) is 5.32 Å². The Hall–Kier alpha value is -1.75. The molecule has 1 aromatic rings. The minimum Gasteiger partial charge on any atom is -0.397 e. The molecule has 0 bridgehead atoms. The van der Waals surface area contributed by atoms with Crippen LogP contribution < -0.4 is 16.4 Å². The second kappa shape index (κ2) is 6.43. The predicted molar refractivity (Wildman–Crippen MR) is 78.3 cm³/mol. The summed E-state index contributed by atoms with van der Waals surface area (Å²) in [5.74, 6) is -0.138. The highest BCUT2D eigenvalue weighted by Crippen LogP contribution is 2.21.